The molecule has 8 nitrogen and oxygen atoms in total. The highest BCUT2D eigenvalue weighted by molar-refractivity contribution is 6.00. The van der Waals surface area contributed by atoms with E-state index in [0.717, 1.165) is 25.7 Å². The Kier molecular flexibility index (Phi) is 7.59. The number of Topliss-reactive ketones (excluding diaryl/α,β-unsaturated/α-hetero) is 1. The Morgan fingerprint density at radius 3 is 2.53 bits per heavy atom. The zero-order valence-corrected chi connectivity index (χ0v) is 17.2. The molecule has 2 amide bonds. The van der Waals surface area contributed by atoms with Crippen LogP contribution in [0.15, 0.2) is 36.7 Å². The number of amides is 2. The van der Waals surface area contributed by atoms with E-state index in [-0.39, 0.29) is 43.0 Å². The zero-order valence-electron chi connectivity index (χ0n) is 17.2. The standard InChI is InChI=1S/C22H28N4O4/c1-2-30-19-9-7-16(8-10-19)20(27)11-12-21(28)25-18-13-23-26(14-18)15-22(29)24-17-5-3-4-6-17/h7-10,13-14,17H,2-6,11-12,15H2,1H3,(H,24,29)(H,25,28). The molecule has 0 saturated heterocycles. The summed E-state index contributed by atoms with van der Waals surface area (Å²) in [6.45, 7) is 2.57. The molecule has 1 aromatic carbocycles. The summed E-state index contributed by atoms with van der Waals surface area (Å²) in [7, 11) is 0. The summed E-state index contributed by atoms with van der Waals surface area (Å²) in [4.78, 5) is 36.5. The summed E-state index contributed by atoms with van der Waals surface area (Å²) >= 11 is 0. The molecule has 0 atom stereocenters. The molecule has 1 aliphatic carbocycles. The molecule has 0 spiro atoms. The molecule has 1 aliphatic rings. The molecular weight excluding hydrogens is 384 g/mol. The number of anilines is 1. The van der Waals surface area contributed by atoms with Crippen molar-refractivity contribution in [3.63, 3.8) is 0 Å². The number of nitrogens with zero attached hydrogens (tertiary/aromatic N) is 2. The molecule has 8 heteroatoms. The van der Waals surface area contributed by atoms with E-state index in [4.69, 9.17) is 4.74 Å². The number of nitrogens with one attached hydrogen (secondary N) is 2. The first kappa shape index (κ1) is 21.5. The average Bonchev–Trinajstić information content (AvgIpc) is 3.39. The van der Waals surface area contributed by atoms with Crippen molar-refractivity contribution in [1.82, 2.24) is 15.1 Å². The van der Waals surface area contributed by atoms with Gasteiger partial charge in [0.25, 0.3) is 0 Å². The summed E-state index contributed by atoms with van der Waals surface area (Å²) in [5, 5.41) is 9.83. The fourth-order valence-corrected chi connectivity index (χ4v) is 3.50. The van der Waals surface area contributed by atoms with Crippen molar-refractivity contribution in [3.8, 4) is 5.75 Å². The van der Waals surface area contributed by atoms with Crippen molar-refractivity contribution >= 4 is 23.3 Å². The molecule has 30 heavy (non-hydrogen) atoms. The van der Waals surface area contributed by atoms with E-state index in [1.54, 1.807) is 30.5 Å². The fourth-order valence-electron chi connectivity index (χ4n) is 3.50. The molecule has 1 heterocycles. The number of hydrogen-bond donors (Lipinski definition) is 2. The number of ketones is 1. The molecule has 160 valence electrons. The molecule has 1 fully saturated rings. The summed E-state index contributed by atoms with van der Waals surface area (Å²) in [6.07, 6.45) is 7.66. The summed E-state index contributed by atoms with van der Waals surface area (Å²) in [6, 6.07) is 7.15. The number of carbonyl (C=O) groups is 3. The predicted octanol–water partition coefficient (Wildman–Crippen LogP) is 2.94. The van der Waals surface area contributed by atoms with Crippen molar-refractivity contribution < 1.29 is 19.1 Å². The number of benzene rings is 1. The van der Waals surface area contributed by atoms with Crippen molar-refractivity contribution in [2.75, 3.05) is 11.9 Å². The Morgan fingerprint density at radius 2 is 1.83 bits per heavy atom. The van der Waals surface area contributed by atoms with Crippen LogP contribution in [0.3, 0.4) is 0 Å². The van der Waals surface area contributed by atoms with E-state index in [1.165, 1.54) is 10.9 Å². The summed E-state index contributed by atoms with van der Waals surface area (Å²) < 4.78 is 6.85. The summed E-state index contributed by atoms with van der Waals surface area (Å²) in [5.74, 6) is 0.251. The van der Waals surface area contributed by atoms with Crippen LogP contribution in [0, 0.1) is 0 Å². The lowest BCUT2D eigenvalue weighted by Crippen LogP contribution is -2.35. The number of rotatable bonds is 10. The lowest BCUT2D eigenvalue weighted by molar-refractivity contribution is -0.122. The minimum absolute atomic E-state index is 0.0688. The molecule has 0 aliphatic heterocycles. The largest absolute Gasteiger partial charge is 0.494 e. The highest BCUT2D eigenvalue weighted by Crippen LogP contribution is 2.17. The predicted molar refractivity (Wildman–Crippen MR) is 112 cm³/mol. The van der Waals surface area contributed by atoms with Gasteiger partial charge in [-0.3, -0.25) is 19.1 Å². The van der Waals surface area contributed by atoms with Crippen LogP contribution in [0.2, 0.25) is 0 Å². The van der Waals surface area contributed by atoms with Crippen molar-refractivity contribution in [2.24, 2.45) is 0 Å². The average molecular weight is 412 g/mol. The minimum atomic E-state index is -0.274. The minimum Gasteiger partial charge on any atom is -0.494 e. The number of hydrogen-bond acceptors (Lipinski definition) is 5. The van der Waals surface area contributed by atoms with Gasteiger partial charge in [0.15, 0.2) is 5.78 Å². The van der Waals surface area contributed by atoms with Crippen LogP contribution in [-0.2, 0) is 16.1 Å². The smallest absolute Gasteiger partial charge is 0.241 e. The van der Waals surface area contributed by atoms with E-state index in [2.05, 4.69) is 15.7 Å². The first-order valence-corrected chi connectivity index (χ1v) is 10.4. The second-order valence-electron chi connectivity index (χ2n) is 7.40. The first-order chi connectivity index (χ1) is 14.5. The molecule has 0 bridgehead atoms. The third-order valence-corrected chi connectivity index (χ3v) is 5.01. The first-order valence-electron chi connectivity index (χ1n) is 10.4. The summed E-state index contributed by atoms with van der Waals surface area (Å²) in [5.41, 5.74) is 1.05. The highest BCUT2D eigenvalue weighted by Gasteiger charge is 2.17. The maximum Gasteiger partial charge on any atom is 0.241 e. The molecule has 3 rings (SSSR count). The molecule has 0 unspecified atom stereocenters. The number of aromatic nitrogens is 2. The lowest BCUT2D eigenvalue weighted by Gasteiger charge is -2.11. The maximum atomic E-state index is 12.3. The molecule has 2 N–H and O–H groups in total. The quantitative estimate of drug-likeness (QED) is 0.584. The van der Waals surface area contributed by atoms with Crippen molar-refractivity contribution in [2.45, 2.75) is 58.0 Å². The van der Waals surface area contributed by atoms with Crippen LogP contribution >= 0.6 is 0 Å². The van der Waals surface area contributed by atoms with E-state index < -0.39 is 0 Å². The highest BCUT2D eigenvalue weighted by atomic mass is 16.5. The van der Waals surface area contributed by atoms with Gasteiger partial charge >= 0.3 is 0 Å². The van der Waals surface area contributed by atoms with Gasteiger partial charge < -0.3 is 15.4 Å². The van der Waals surface area contributed by atoms with Crippen LogP contribution in [-0.4, -0.2) is 40.0 Å². The van der Waals surface area contributed by atoms with Crippen molar-refractivity contribution in [3.05, 3.63) is 42.2 Å². The van der Waals surface area contributed by atoms with E-state index >= 15 is 0 Å². The van der Waals surface area contributed by atoms with E-state index in [1.807, 2.05) is 6.92 Å². The van der Waals surface area contributed by atoms with Crippen molar-refractivity contribution in [1.29, 1.82) is 0 Å². The molecule has 0 radical (unpaired) electrons. The van der Waals surface area contributed by atoms with Gasteiger partial charge in [0.2, 0.25) is 11.8 Å². The number of carbonyl (C=O) groups excluding carboxylic acids is 3. The Morgan fingerprint density at radius 1 is 1.10 bits per heavy atom. The second-order valence-corrected chi connectivity index (χ2v) is 7.40. The Bertz CT molecular complexity index is 870. The monoisotopic (exact) mass is 412 g/mol. The van der Waals surface area contributed by atoms with Crippen LogP contribution in [0.5, 0.6) is 5.75 Å². The normalized spacial score (nSPS) is 13.8. The van der Waals surface area contributed by atoms with Gasteiger partial charge in [0.05, 0.1) is 18.5 Å². The van der Waals surface area contributed by atoms with Gasteiger partial charge in [0.1, 0.15) is 12.3 Å². The van der Waals surface area contributed by atoms with E-state index in [9.17, 15) is 14.4 Å². The van der Waals surface area contributed by atoms with Gasteiger partial charge in [-0.2, -0.15) is 5.10 Å². The van der Waals surface area contributed by atoms with Crippen LogP contribution in [0.1, 0.15) is 55.8 Å². The second kappa shape index (κ2) is 10.6. The molecule has 1 aromatic heterocycles. The lowest BCUT2D eigenvalue weighted by atomic mass is 10.1. The third-order valence-electron chi connectivity index (χ3n) is 5.01. The maximum absolute atomic E-state index is 12.3. The van der Waals surface area contributed by atoms with Gasteiger partial charge in [-0.1, -0.05) is 12.8 Å². The van der Waals surface area contributed by atoms with Crippen LogP contribution in [0.4, 0.5) is 5.69 Å². The topological polar surface area (TPSA) is 102 Å². The van der Waals surface area contributed by atoms with Gasteiger partial charge in [-0.15, -0.1) is 0 Å². The Balaban J connectivity index is 1.41. The SMILES string of the molecule is CCOc1ccc(C(=O)CCC(=O)Nc2cnn(CC(=O)NC3CCCC3)c2)cc1. The number of ether oxygens (including phenoxy) is 1. The third kappa shape index (κ3) is 6.43. The van der Waals surface area contributed by atoms with Gasteiger partial charge in [0, 0.05) is 30.6 Å². The zero-order chi connectivity index (χ0) is 21.3. The molecule has 2 aromatic rings. The van der Waals surface area contributed by atoms with Gasteiger partial charge in [-0.25, -0.2) is 0 Å². The Hall–Kier alpha value is -3.16. The molecule has 1 saturated carbocycles. The molecular formula is C22H28N4O4. The van der Waals surface area contributed by atoms with Gasteiger partial charge in [-0.05, 0) is 44.0 Å². The van der Waals surface area contributed by atoms with Crippen LogP contribution < -0.4 is 15.4 Å². The van der Waals surface area contributed by atoms with Crippen LogP contribution in [0.25, 0.3) is 0 Å². The van der Waals surface area contributed by atoms with E-state index in [0.29, 0.717) is 23.6 Å². The fraction of sp³-hybridized carbons (Fsp3) is 0.455. The Labute approximate surface area is 176 Å².